The molecule has 1 amide bonds. The monoisotopic (exact) mass is 199 g/mol. The Morgan fingerprint density at radius 3 is 2.86 bits per heavy atom. The van der Waals surface area contributed by atoms with Crippen LogP contribution in [-0.2, 0) is 9.47 Å². The van der Waals surface area contributed by atoms with E-state index in [1.165, 1.54) is 19.3 Å². The summed E-state index contributed by atoms with van der Waals surface area (Å²) in [5.41, 5.74) is 0. The summed E-state index contributed by atoms with van der Waals surface area (Å²) < 4.78 is 10.7. The summed E-state index contributed by atoms with van der Waals surface area (Å²) in [6.07, 6.45) is 6.25. The first-order valence-electron chi connectivity index (χ1n) is 5.45. The molecule has 0 aromatic carbocycles. The molecule has 2 aliphatic rings. The highest BCUT2D eigenvalue weighted by Crippen LogP contribution is 2.19. The van der Waals surface area contributed by atoms with Crippen molar-refractivity contribution < 1.29 is 14.3 Å². The molecule has 2 aliphatic heterocycles. The van der Waals surface area contributed by atoms with Crippen molar-refractivity contribution in [2.24, 2.45) is 0 Å². The van der Waals surface area contributed by atoms with Gasteiger partial charge in [-0.05, 0) is 19.3 Å². The second-order valence-electron chi connectivity index (χ2n) is 3.94. The third-order valence-electron chi connectivity index (χ3n) is 2.79. The Morgan fingerprint density at radius 1 is 1.14 bits per heavy atom. The van der Waals surface area contributed by atoms with E-state index in [0.717, 1.165) is 25.9 Å². The van der Waals surface area contributed by atoms with Crippen LogP contribution in [0.2, 0.25) is 0 Å². The molecule has 0 aromatic rings. The van der Waals surface area contributed by atoms with Crippen LogP contribution in [0.25, 0.3) is 0 Å². The molecule has 4 heteroatoms. The molecule has 2 fully saturated rings. The summed E-state index contributed by atoms with van der Waals surface area (Å²) in [6, 6.07) is 0. The lowest BCUT2D eigenvalue weighted by Crippen LogP contribution is -2.34. The summed E-state index contributed by atoms with van der Waals surface area (Å²) in [6.45, 7) is 0.727. The number of ether oxygens (including phenoxy) is 2. The number of carbonyl (C=O) groups excluding carboxylic acids is 1. The normalized spacial score (nSPS) is 34.1. The topological polar surface area (TPSA) is 47.6 Å². The maximum atomic E-state index is 11.0. The van der Waals surface area contributed by atoms with E-state index in [1.54, 1.807) is 0 Å². The number of hydrogen-bond donors (Lipinski definition) is 1. The van der Waals surface area contributed by atoms with Crippen LogP contribution in [0.3, 0.4) is 0 Å². The van der Waals surface area contributed by atoms with E-state index < -0.39 is 0 Å². The molecule has 0 spiro atoms. The third kappa shape index (κ3) is 2.38. The predicted molar refractivity (Wildman–Crippen MR) is 50.8 cm³/mol. The third-order valence-corrected chi connectivity index (χ3v) is 2.79. The molecular formula is C10H17NO3. The van der Waals surface area contributed by atoms with Gasteiger partial charge in [-0.1, -0.05) is 19.3 Å². The van der Waals surface area contributed by atoms with Crippen molar-refractivity contribution in [1.82, 2.24) is 5.32 Å². The van der Waals surface area contributed by atoms with E-state index in [1.807, 2.05) is 0 Å². The van der Waals surface area contributed by atoms with Gasteiger partial charge in [-0.2, -0.15) is 0 Å². The van der Waals surface area contributed by atoms with Gasteiger partial charge in [0.25, 0.3) is 0 Å². The fourth-order valence-electron chi connectivity index (χ4n) is 1.99. The van der Waals surface area contributed by atoms with Crippen molar-refractivity contribution in [3.05, 3.63) is 0 Å². The second kappa shape index (κ2) is 4.64. The van der Waals surface area contributed by atoms with Gasteiger partial charge in [0.2, 0.25) is 0 Å². The fraction of sp³-hybridized carbons (Fsp3) is 0.900. The van der Waals surface area contributed by atoms with E-state index in [9.17, 15) is 4.79 Å². The van der Waals surface area contributed by atoms with Gasteiger partial charge in [0.15, 0.2) is 6.23 Å². The quantitative estimate of drug-likeness (QED) is 0.647. The molecule has 0 bridgehead atoms. The van der Waals surface area contributed by atoms with Crippen molar-refractivity contribution in [3.8, 4) is 0 Å². The van der Waals surface area contributed by atoms with E-state index >= 15 is 0 Å². The Hall–Kier alpha value is -0.770. The van der Waals surface area contributed by atoms with Crippen molar-refractivity contribution in [1.29, 1.82) is 0 Å². The lowest BCUT2D eigenvalue weighted by Gasteiger charge is -2.18. The van der Waals surface area contributed by atoms with Gasteiger partial charge < -0.3 is 9.47 Å². The zero-order valence-corrected chi connectivity index (χ0v) is 8.33. The lowest BCUT2D eigenvalue weighted by molar-refractivity contribution is -0.0158. The highest BCUT2D eigenvalue weighted by Gasteiger charge is 2.34. The van der Waals surface area contributed by atoms with Crippen LogP contribution >= 0.6 is 0 Å². The summed E-state index contributed by atoms with van der Waals surface area (Å²) in [5.74, 6) is 0. The number of hydrogen-bond acceptors (Lipinski definition) is 3. The van der Waals surface area contributed by atoms with Crippen LogP contribution in [-0.4, -0.2) is 25.0 Å². The van der Waals surface area contributed by atoms with E-state index in [4.69, 9.17) is 9.47 Å². The van der Waals surface area contributed by atoms with Gasteiger partial charge in [-0.15, -0.1) is 0 Å². The largest absolute Gasteiger partial charge is 0.441 e. The highest BCUT2D eigenvalue weighted by molar-refractivity contribution is 5.69. The minimum atomic E-state index is -0.334. The summed E-state index contributed by atoms with van der Waals surface area (Å²) in [5, 5.41) is 2.69. The number of amides is 1. The average Bonchev–Trinajstić information content (AvgIpc) is 2.52. The van der Waals surface area contributed by atoms with Gasteiger partial charge in [0.1, 0.15) is 6.10 Å². The zero-order valence-electron chi connectivity index (χ0n) is 8.33. The Balaban J connectivity index is 1.89. The van der Waals surface area contributed by atoms with Gasteiger partial charge in [0.05, 0.1) is 0 Å². The summed E-state index contributed by atoms with van der Waals surface area (Å²) in [7, 11) is 0. The highest BCUT2D eigenvalue weighted by atomic mass is 16.6. The Morgan fingerprint density at radius 2 is 1.93 bits per heavy atom. The smallest absolute Gasteiger partial charge is 0.409 e. The predicted octanol–water partition coefficient (Wildman–Crippen LogP) is 1.79. The second-order valence-corrected chi connectivity index (χ2v) is 3.94. The summed E-state index contributed by atoms with van der Waals surface area (Å²) in [4.78, 5) is 11.0. The lowest BCUT2D eigenvalue weighted by atomic mass is 10.1. The minimum Gasteiger partial charge on any atom is -0.441 e. The van der Waals surface area contributed by atoms with Gasteiger partial charge in [0, 0.05) is 6.61 Å². The number of rotatable bonds is 0. The average molecular weight is 199 g/mol. The first-order chi connectivity index (χ1) is 6.86. The molecule has 1 N–H and O–H groups in total. The molecule has 14 heavy (non-hydrogen) atoms. The van der Waals surface area contributed by atoms with Crippen LogP contribution in [0.1, 0.15) is 38.5 Å². The SMILES string of the molecule is O=C1NC2OCCCCCCCC2O1. The van der Waals surface area contributed by atoms with Crippen LogP contribution in [0.4, 0.5) is 4.79 Å². The first kappa shape index (κ1) is 9.77. The van der Waals surface area contributed by atoms with Crippen molar-refractivity contribution in [2.75, 3.05) is 6.61 Å². The van der Waals surface area contributed by atoms with Crippen LogP contribution < -0.4 is 5.32 Å². The van der Waals surface area contributed by atoms with Crippen molar-refractivity contribution >= 4 is 6.09 Å². The molecule has 80 valence electrons. The van der Waals surface area contributed by atoms with Gasteiger partial charge in [-0.25, -0.2) is 4.79 Å². The van der Waals surface area contributed by atoms with E-state index in [2.05, 4.69) is 5.32 Å². The van der Waals surface area contributed by atoms with E-state index in [0.29, 0.717) is 0 Å². The molecule has 2 rings (SSSR count). The molecule has 4 nitrogen and oxygen atoms in total. The van der Waals surface area contributed by atoms with Gasteiger partial charge in [-0.3, -0.25) is 5.32 Å². The number of carbonyl (C=O) groups is 1. The number of fused-ring (bicyclic) bond motifs is 1. The maximum Gasteiger partial charge on any atom is 0.409 e. The molecule has 2 unspecified atom stereocenters. The zero-order chi connectivity index (χ0) is 9.80. The van der Waals surface area contributed by atoms with Crippen molar-refractivity contribution in [3.63, 3.8) is 0 Å². The van der Waals surface area contributed by atoms with Crippen LogP contribution in [0, 0.1) is 0 Å². The maximum absolute atomic E-state index is 11.0. The number of alkyl carbamates (subject to hydrolysis) is 1. The minimum absolute atomic E-state index is 0.0689. The molecule has 0 aliphatic carbocycles. The molecule has 0 aromatic heterocycles. The Bertz CT molecular complexity index is 188. The van der Waals surface area contributed by atoms with Gasteiger partial charge >= 0.3 is 6.09 Å². The first-order valence-corrected chi connectivity index (χ1v) is 5.45. The molecule has 2 heterocycles. The molecular weight excluding hydrogens is 182 g/mol. The fourth-order valence-corrected chi connectivity index (χ4v) is 1.99. The standard InChI is InChI=1S/C10H17NO3/c12-10-11-9-8(14-10)6-4-2-1-3-5-7-13-9/h8-9H,1-7H2,(H,11,12). The molecule has 2 atom stereocenters. The molecule has 0 saturated carbocycles. The van der Waals surface area contributed by atoms with Crippen LogP contribution in [0.5, 0.6) is 0 Å². The summed E-state index contributed by atoms with van der Waals surface area (Å²) >= 11 is 0. The van der Waals surface area contributed by atoms with E-state index in [-0.39, 0.29) is 18.4 Å². The van der Waals surface area contributed by atoms with Crippen LogP contribution in [0.15, 0.2) is 0 Å². The number of nitrogens with one attached hydrogen (secondary N) is 1. The Labute approximate surface area is 84.0 Å². The Kier molecular flexibility index (Phi) is 3.24. The van der Waals surface area contributed by atoms with Crippen molar-refractivity contribution in [2.45, 2.75) is 50.9 Å². The molecule has 2 saturated heterocycles. The molecule has 0 radical (unpaired) electrons.